The van der Waals surface area contributed by atoms with Crippen LogP contribution in [-0.4, -0.2) is 42.8 Å². The molecule has 7 heteroatoms. The fourth-order valence-electron chi connectivity index (χ4n) is 4.16. The van der Waals surface area contributed by atoms with Gasteiger partial charge in [-0.25, -0.2) is 0 Å². The Kier molecular flexibility index (Phi) is 7.04. The average molecular weight is 434 g/mol. The number of guanidine groups is 1. The van der Waals surface area contributed by atoms with Crippen molar-refractivity contribution in [3.05, 3.63) is 65.2 Å². The third-order valence-electron chi connectivity index (χ3n) is 6.03. The van der Waals surface area contributed by atoms with Crippen LogP contribution in [0.15, 0.2) is 53.5 Å². The number of rotatable bonds is 7. The monoisotopic (exact) mass is 433 g/mol. The van der Waals surface area contributed by atoms with Crippen molar-refractivity contribution in [1.29, 1.82) is 0 Å². The molecule has 2 N–H and O–H groups in total. The Morgan fingerprint density at radius 1 is 0.812 bits per heavy atom. The van der Waals surface area contributed by atoms with E-state index in [2.05, 4.69) is 39.9 Å². The summed E-state index contributed by atoms with van der Waals surface area (Å²) in [5.74, 6) is 1.19. The summed E-state index contributed by atoms with van der Waals surface area (Å²) in [6.07, 6.45) is 3.22. The molecule has 4 rings (SSSR count). The van der Waals surface area contributed by atoms with Gasteiger partial charge in [-0.05, 0) is 41.7 Å². The van der Waals surface area contributed by atoms with Gasteiger partial charge in [0, 0.05) is 58.3 Å². The Morgan fingerprint density at radius 2 is 1.38 bits per heavy atom. The second-order valence-electron chi connectivity index (χ2n) is 8.33. The fraction of sp³-hybridized carbons (Fsp3) is 0.400. The Bertz CT molecular complexity index is 969. The van der Waals surface area contributed by atoms with Crippen LogP contribution in [0.4, 0.5) is 5.69 Å². The highest BCUT2D eigenvalue weighted by molar-refractivity contribution is 5.95. The number of nitrogens with zero attached hydrogens (tertiary/aromatic N) is 3. The van der Waals surface area contributed by atoms with Crippen LogP contribution < -0.4 is 15.5 Å². The first-order valence-electron chi connectivity index (χ1n) is 11.3. The second-order valence-corrected chi connectivity index (χ2v) is 8.33. The summed E-state index contributed by atoms with van der Waals surface area (Å²) in [5, 5.41) is 6.67. The first-order chi connectivity index (χ1) is 15.6. The van der Waals surface area contributed by atoms with E-state index in [1.54, 1.807) is 7.05 Å². The first-order valence-corrected chi connectivity index (χ1v) is 11.3. The number of nitrogens with one attached hydrogen (secondary N) is 2. The molecule has 0 unspecified atom stereocenters. The van der Waals surface area contributed by atoms with Crippen LogP contribution in [-0.2, 0) is 29.2 Å². The van der Waals surface area contributed by atoms with Crippen molar-refractivity contribution in [2.24, 2.45) is 4.99 Å². The number of benzene rings is 2. The van der Waals surface area contributed by atoms with Gasteiger partial charge in [-0.1, -0.05) is 36.4 Å². The van der Waals surface area contributed by atoms with Gasteiger partial charge >= 0.3 is 0 Å². The van der Waals surface area contributed by atoms with E-state index in [9.17, 15) is 9.59 Å². The van der Waals surface area contributed by atoms with Crippen molar-refractivity contribution in [2.45, 2.75) is 45.3 Å². The largest absolute Gasteiger partial charge is 0.352 e. The van der Waals surface area contributed by atoms with E-state index in [-0.39, 0.29) is 11.8 Å². The lowest BCUT2D eigenvalue weighted by molar-refractivity contribution is -0.128. The van der Waals surface area contributed by atoms with Gasteiger partial charge in [-0.2, -0.15) is 0 Å². The topological polar surface area (TPSA) is 77.0 Å². The molecule has 2 saturated heterocycles. The highest BCUT2D eigenvalue weighted by Crippen LogP contribution is 2.21. The lowest BCUT2D eigenvalue weighted by atomic mass is 10.1. The van der Waals surface area contributed by atoms with E-state index >= 15 is 0 Å². The van der Waals surface area contributed by atoms with Gasteiger partial charge in [0.1, 0.15) is 0 Å². The molecule has 2 aromatic rings. The normalized spacial score (nSPS) is 16.7. The van der Waals surface area contributed by atoms with E-state index in [0.29, 0.717) is 32.5 Å². The molecule has 0 aromatic heterocycles. The van der Waals surface area contributed by atoms with Crippen LogP contribution in [0.25, 0.3) is 0 Å². The number of amides is 2. The SMILES string of the molecule is CN=C(NCc1ccc(CN2CCCC2=O)cc1)NCc1ccc(N2CCCC2=O)cc1. The second kappa shape index (κ2) is 10.3. The maximum atomic E-state index is 11.9. The van der Waals surface area contributed by atoms with Gasteiger partial charge in [-0.15, -0.1) is 0 Å². The standard InChI is InChI=1S/C25H31N5O2/c1-26-25(28-17-20-10-12-22(13-11-20)30-15-3-5-24(30)32)27-16-19-6-8-21(9-7-19)18-29-14-2-4-23(29)31/h6-13H,2-5,14-18H2,1H3,(H2,26,27,28). The smallest absolute Gasteiger partial charge is 0.227 e. The molecule has 168 valence electrons. The molecule has 0 spiro atoms. The van der Waals surface area contributed by atoms with Gasteiger partial charge in [0.15, 0.2) is 5.96 Å². The minimum atomic E-state index is 0.207. The fourth-order valence-corrected chi connectivity index (χ4v) is 4.16. The zero-order valence-corrected chi connectivity index (χ0v) is 18.6. The summed E-state index contributed by atoms with van der Waals surface area (Å²) >= 11 is 0. The van der Waals surface area contributed by atoms with E-state index in [4.69, 9.17) is 0 Å². The van der Waals surface area contributed by atoms with Crippen molar-refractivity contribution in [2.75, 3.05) is 25.0 Å². The minimum absolute atomic E-state index is 0.207. The molecular formula is C25H31N5O2. The zero-order valence-electron chi connectivity index (χ0n) is 18.6. The van der Waals surface area contributed by atoms with Crippen molar-refractivity contribution >= 4 is 23.5 Å². The minimum Gasteiger partial charge on any atom is -0.352 e. The number of carbonyl (C=O) groups is 2. The third kappa shape index (κ3) is 5.46. The molecule has 2 aromatic carbocycles. The Balaban J connectivity index is 1.23. The van der Waals surface area contributed by atoms with Crippen LogP contribution in [0.2, 0.25) is 0 Å². The number of anilines is 1. The number of carbonyl (C=O) groups excluding carboxylic acids is 2. The molecule has 7 nitrogen and oxygen atoms in total. The molecule has 0 bridgehead atoms. The van der Waals surface area contributed by atoms with Gasteiger partial charge in [-0.3, -0.25) is 14.6 Å². The van der Waals surface area contributed by atoms with Crippen molar-refractivity contribution in [3.63, 3.8) is 0 Å². The summed E-state index contributed by atoms with van der Waals surface area (Å²) in [6.45, 7) is 3.68. The molecule has 2 aliphatic heterocycles. The van der Waals surface area contributed by atoms with E-state index in [1.165, 1.54) is 0 Å². The average Bonchev–Trinajstić information content (AvgIpc) is 3.43. The Labute approximate surface area is 189 Å². The van der Waals surface area contributed by atoms with Crippen molar-refractivity contribution in [1.82, 2.24) is 15.5 Å². The first kappa shape index (κ1) is 21.9. The van der Waals surface area contributed by atoms with Crippen LogP contribution in [0.1, 0.15) is 42.4 Å². The predicted molar refractivity (Wildman–Crippen MR) is 126 cm³/mol. The van der Waals surface area contributed by atoms with Crippen LogP contribution in [0.5, 0.6) is 0 Å². The number of hydrogen-bond donors (Lipinski definition) is 2. The summed E-state index contributed by atoms with van der Waals surface area (Å²) in [7, 11) is 1.76. The molecule has 0 atom stereocenters. The van der Waals surface area contributed by atoms with Crippen molar-refractivity contribution in [3.8, 4) is 0 Å². The summed E-state index contributed by atoms with van der Waals surface area (Å²) in [5.41, 5.74) is 4.41. The van der Waals surface area contributed by atoms with E-state index < -0.39 is 0 Å². The highest BCUT2D eigenvalue weighted by Gasteiger charge is 2.21. The molecule has 2 amide bonds. The molecule has 32 heavy (non-hydrogen) atoms. The number of likely N-dealkylation sites (tertiary alicyclic amines) is 1. The predicted octanol–water partition coefficient (Wildman–Crippen LogP) is 2.80. The Morgan fingerprint density at radius 3 is 1.91 bits per heavy atom. The number of aliphatic imine (C=N–C) groups is 1. The Hall–Kier alpha value is -3.35. The lowest BCUT2D eigenvalue weighted by Crippen LogP contribution is -2.36. The molecule has 2 heterocycles. The molecule has 2 fully saturated rings. The molecule has 0 radical (unpaired) electrons. The lowest BCUT2D eigenvalue weighted by Gasteiger charge is -2.17. The van der Waals surface area contributed by atoms with Gasteiger partial charge in [0.05, 0.1) is 0 Å². The molecule has 2 aliphatic rings. The van der Waals surface area contributed by atoms with Crippen LogP contribution in [0.3, 0.4) is 0 Å². The van der Waals surface area contributed by atoms with Crippen LogP contribution in [0, 0.1) is 0 Å². The van der Waals surface area contributed by atoms with Crippen LogP contribution >= 0.6 is 0 Å². The van der Waals surface area contributed by atoms with Gasteiger partial charge in [0.25, 0.3) is 0 Å². The van der Waals surface area contributed by atoms with Crippen molar-refractivity contribution < 1.29 is 9.59 Å². The molecular weight excluding hydrogens is 402 g/mol. The quantitative estimate of drug-likeness (QED) is 0.520. The zero-order chi connectivity index (χ0) is 22.3. The van der Waals surface area contributed by atoms with E-state index in [0.717, 1.165) is 54.3 Å². The molecule has 0 aliphatic carbocycles. The maximum absolute atomic E-state index is 11.9. The maximum Gasteiger partial charge on any atom is 0.227 e. The highest BCUT2D eigenvalue weighted by atomic mass is 16.2. The van der Waals surface area contributed by atoms with E-state index in [1.807, 2.05) is 34.1 Å². The van der Waals surface area contributed by atoms with Gasteiger partial charge in [0.2, 0.25) is 11.8 Å². The molecule has 0 saturated carbocycles. The third-order valence-corrected chi connectivity index (χ3v) is 6.03. The summed E-state index contributed by atoms with van der Waals surface area (Å²) < 4.78 is 0. The van der Waals surface area contributed by atoms with Gasteiger partial charge < -0.3 is 20.4 Å². The summed E-state index contributed by atoms with van der Waals surface area (Å²) in [6, 6.07) is 16.5. The summed E-state index contributed by atoms with van der Waals surface area (Å²) in [4.78, 5) is 31.8. The number of hydrogen-bond acceptors (Lipinski definition) is 3.